The number of ether oxygens (including phenoxy) is 3. The van der Waals surface area contributed by atoms with Crippen molar-refractivity contribution in [3.05, 3.63) is 74.0 Å². The lowest BCUT2D eigenvalue weighted by Gasteiger charge is -2.15. The number of halogens is 1. The summed E-state index contributed by atoms with van der Waals surface area (Å²) in [5, 5.41) is 21.0. The Morgan fingerprint density at radius 1 is 1.09 bits per heavy atom. The summed E-state index contributed by atoms with van der Waals surface area (Å²) < 4.78 is 17.0. The Kier molecular flexibility index (Phi) is 7.82. The Labute approximate surface area is 202 Å². The number of aromatic hydroxyl groups is 1. The molecule has 34 heavy (non-hydrogen) atoms. The van der Waals surface area contributed by atoms with Crippen molar-refractivity contribution in [2.45, 2.75) is 19.9 Å². The standard InChI is InChI=1S/C25H24ClN3O5/c1-15-18(13-27)24(30)29(10-9-16-5-7-22(33-3)23(11-16)34-4)25(31)19(15)14-28-20-12-17(26)6-8-21(20)32-2/h5-8,11-12,14,31H,9-10H2,1-4H3. The van der Waals surface area contributed by atoms with Crippen LogP contribution >= 0.6 is 11.6 Å². The van der Waals surface area contributed by atoms with E-state index in [0.717, 1.165) is 5.56 Å². The van der Waals surface area contributed by atoms with Gasteiger partial charge in [-0.2, -0.15) is 5.26 Å². The minimum absolute atomic E-state index is 0.0652. The van der Waals surface area contributed by atoms with Gasteiger partial charge in [-0.1, -0.05) is 17.7 Å². The summed E-state index contributed by atoms with van der Waals surface area (Å²) in [6.45, 7) is 1.73. The van der Waals surface area contributed by atoms with Crippen LogP contribution in [0.5, 0.6) is 23.1 Å². The number of nitrogens with zero attached hydrogens (tertiary/aromatic N) is 3. The van der Waals surface area contributed by atoms with Crippen LogP contribution in [0.2, 0.25) is 5.02 Å². The Hall–Kier alpha value is -3.96. The molecule has 3 aromatic rings. The maximum Gasteiger partial charge on any atom is 0.271 e. The summed E-state index contributed by atoms with van der Waals surface area (Å²) in [7, 11) is 4.59. The Morgan fingerprint density at radius 3 is 2.41 bits per heavy atom. The SMILES string of the molecule is COc1ccc(Cl)cc1N=Cc1c(C)c(C#N)c(=O)n(CCc2ccc(OC)c(OC)c2)c1O. The van der Waals surface area contributed by atoms with Gasteiger partial charge in [0, 0.05) is 17.8 Å². The molecule has 0 aliphatic heterocycles. The summed E-state index contributed by atoms with van der Waals surface area (Å²) >= 11 is 6.07. The van der Waals surface area contributed by atoms with E-state index in [-0.39, 0.29) is 23.6 Å². The maximum absolute atomic E-state index is 12.9. The largest absolute Gasteiger partial charge is 0.494 e. The molecule has 2 aromatic carbocycles. The van der Waals surface area contributed by atoms with Crippen molar-refractivity contribution in [1.82, 2.24) is 4.57 Å². The number of benzene rings is 2. The molecule has 1 aromatic heterocycles. The lowest BCUT2D eigenvalue weighted by Crippen LogP contribution is -2.26. The number of nitriles is 1. The molecule has 9 heteroatoms. The quantitative estimate of drug-likeness (QED) is 0.478. The van der Waals surface area contributed by atoms with Gasteiger partial charge in [-0.3, -0.25) is 14.4 Å². The number of hydrogen-bond acceptors (Lipinski definition) is 7. The first-order valence-electron chi connectivity index (χ1n) is 10.3. The van der Waals surface area contributed by atoms with Gasteiger partial charge >= 0.3 is 0 Å². The van der Waals surface area contributed by atoms with Crippen LogP contribution in [0.4, 0.5) is 5.69 Å². The second-order valence-electron chi connectivity index (χ2n) is 7.32. The summed E-state index contributed by atoms with van der Waals surface area (Å²) in [5.74, 6) is 1.34. The average Bonchev–Trinajstić information content (AvgIpc) is 2.84. The van der Waals surface area contributed by atoms with Crippen LogP contribution < -0.4 is 19.8 Å². The highest BCUT2D eigenvalue weighted by Gasteiger charge is 2.18. The van der Waals surface area contributed by atoms with E-state index in [1.165, 1.54) is 25.0 Å². The topological polar surface area (TPSA) is 106 Å². The number of hydrogen-bond donors (Lipinski definition) is 1. The smallest absolute Gasteiger partial charge is 0.271 e. The van der Waals surface area contributed by atoms with Crippen LogP contribution in [0.3, 0.4) is 0 Å². The predicted octanol–water partition coefficient (Wildman–Crippen LogP) is 4.41. The highest BCUT2D eigenvalue weighted by molar-refractivity contribution is 6.30. The zero-order chi connectivity index (χ0) is 24.8. The second-order valence-corrected chi connectivity index (χ2v) is 7.76. The van der Waals surface area contributed by atoms with E-state index in [0.29, 0.717) is 39.9 Å². The van der Waals surface area contributed by atoms with Crippen LogP contribution in [-0.2, 0) is 13.0 Å². The first-order chi connectivity index (χ1) is 16.3. The van der Waals surface area contributed by atoms with E-state index in [9.17, 15) is 15.2 Å². The molecule has 0 fully saturated rings. The highest BCUT2D eigenvalue weighted by Crippen LogP contribution is 2.31. The summed E-state index contributed by atoms with van der Waals surface area (Å²) in [5.41, 5.74) is 1.25. The third-order valence-corrected chi connectivity index (χ3v) is 5.63. The third kappa shape index (κ3) is 5.00. The number of aromatic nitrogens is 1. The molecule has 0 unspecified atom stereocenters. The van der Waals surface area contributed by atoms with Crippen LogP contribution in [0.25, 0.3) is 0 Å². The molecule has 176 valence electrons. The van der Waals surface area contributed by atoms with E-state index in [2.05, 4.69) is 4.99 Å². The van der Waals surface area contributed by atoms with Crippen LogP contribution in [-0.4, -0.2) is 37.2 Å². The first kappa shape index (κ1) is 24.7. The minimum Gasteiger partial charge on any atom is -0.494 e. The van der Waals surface area contributed by atoms with Gasteiger partial charge in [0.1, 0.15) is 23.1 Å². The lowest BCUT2D eigenvalue weighted by molar-refractivity contribution is 0.354. The maximum atomic E-state index is 12.9. The van der Waals surface area contributed by atoms with Gasteiger partial charge in [-0.25, -0.2) is 0 Å². The van der Waals surface area contributed by atoms with Gasteiger partial charge in [0.2, 0.25) is 5.88 Å². The second kappa shape index (κ2) is 10.8. The fraction of sp³-hybridized carbons (Fsp3) is 0.240. The monoisotopic (exact) mass is 481 g/mol. The number of pyridine rings is 1. The van der Waals surface area contributed by atoms with Crippen molar-refractivity contribution < 1.29 is 19.3 Å². The lowest BCUT2D eigenvalue weighted by atomic mass is 10.1. The Balaban J connectivity index is 2.02. The van der Waals surface area contributed by atoms with Crippen molar-refractivity contribution in [2.24, 2.45) is 4.99 Å². The number of methoxy groups -OCH3 is 3. The molecule has 3 rings (SSSR count). The van der Waals surface area contributed by atoms with Crippen molar-refractivity contribution in [2.75, 3.05) is 21.3 Å². The van der Waals surface area contributed by atoms with Crippen LogP contribution in [0.15, 0.2) is 46.2 Å². The fourth-order valence-corrected chi connectivity index (χ4v) is 3.67. The van der Waals surface area contributed by atoms with Crippen molar-refractivity contribution >= 4 is 23.5 Å². The first-order valence-corrected chi connectivity index (χ1v) is 10.7. The van der Waals surface area contributed by atoms with Crippen molar-refractivity contribution in [3.8, 4) is 29.2 Å². The molecular formula is C25H24ClN3O5. The van der Waals surface area contributed by atoms with Gasteiger partial charge in [-0.15, -0.1) is 0 Å². The zero-order valence-electron chi connectivity index (χ0n) is 19.3. The molecule has 0 radical (unpaired) electrons. The van der Waals surface area contributed by atoms with E-state index >= 15 is 0 Å². The molecule has 0 saturated carbocycles. The molecular weight excluding hydrogens is 458 g/mol. The Bertz CT molecular complexity index is 1340. The van der Waals surface area contributed by atoms with E-state index < -0.39 is 5.56 Å². The van der Waals surface area contributed by atoms with Gasteiger partial charge in [0.25, 0.3) is 5.56 Å². The number of rotatable bonds is 8. The van der Waals surface area contributed by atoms with Gasteiger partial charge in [0.05, 0.1) is 26.9 Å². The minimum atomic E-state index is -0.574. The van der Waals surface area contributed by atoms with Gasteiger partial charge < -0.3 is 19.3 Å². The molecule has 0 bridgehead atoms. The third-order valence-electron chi connectivity index (χ3n) is 5.39. The van der Waals surface area contributed by atoms with E-state index in [4.69, 9.17) is 25.8 Å². The van der Waals surface area contributed by atoms with Crippen molar-refractivity contribution in [1.29, 1.82) is 5.26 Å². The zero-order valence-corrected chi connectivity index (χ0v) is 20.0. The van der Waals surface area contributed by atoms with Gasteiger partial charge in [0.15, 0.2) is 11.5 Å². The fourth-order valence-electron chi connectivity index (χ4n) is 3.51. The van der Waals surface area contributed by atoms with Crippen LogP contribution in [0, 0.1) is 18.3 Å². The molecule has 0 atom stereocenters. The molecule has 0 amide bonds. The van der Waals surface area contributed by atoms with Gasteiger partial charge in [-0.05, 0) is 54.8 Å². The number of aryl methyl sites for hydroxylation is 1. The summed E-state index contributed by atoms with van der Waals surface area (Å²) in [6.07, 6.45) is 1.80. The summed E-state index contributed by atoms with van der Waals surface area (Å²) in [6, 6.07) is 12.3. The summed E-state index contributed by atoms with van der Waals surface area (Å²) in [4.78, 5) is 17.3. The number of aliphatic imine (C=N–C) groups is 1. The normalized spacial score (nSPS) is 10.8. The Morgan fingerprint density at radius 2 is 1.76 bits per heavy atom. The highest BCUT2D eigenvalue weighted by atomic mass is 35.5. The predicted molar refractivity (Wildman–Crippen MR) is 130 cm³/mol. The van der Waals surface area contributed by atoms with E-state index in [1.54, 1.807) is 44.4 Å². The van der Waals surface area contributed by atoms with Crippen molar-refractivity contribution in [3.63, 3.8) is 0 Å². The molecule has 0 aliphatic carbocycles. The molecule has 1 heterocycles. The molecule has 8 nitrogen and oxygen atoms in total. The van der Waals surface area contributed by atoms with Crippen LogP contribution in [0.1, 0.15) is 22.3 Å². The molecule has 0 aliphatic rings. The molecule has 0 saturated heterocycles. The molecule has 1 N–H and O–H groups in total. The molecule has 0 spiro atoms. The van der Waals surface area contributed by atoms with E-state index in [1.807, 2.05) is 12.1 Å². The average molecular weight is 482 g/mol.